The Balaban J connectivity index is 2.29. The third-order valence-electron chi connectivity index (χ3n) is 3.59. The van der Waals surface area contributed by atoms with Crippen molar-refractivity contribution in [1.29, 1.82) is 0 Å². The molecular weight excluding hydrogens is 302 g/mol. The van der Waals surface area contributed by atoms with Gasteiger partial charge >= 0.3 is 0 Å². The third kappa shape index (κ3) is 2.50. The number of imidazole rings is 1. The second kappa shape index (κ2) is 5.54. The SMILES string of the molecule is Cc1nc2c(F)cc(-c3nc(NN)ncc3F)cc2n1C(C)C. The van der Waals surface area contributed by atoms with E-state index in [-0.39, 0.29) is 23.2 Å². The van der Waals surface area contributed by atoms with Gasteiger partial charge < -0.3 is 4.57 Å². The van der Waals surface area contributed by atoms with Gasteiger partial charge in [0.1, 0.15) is 17.0 Å². The van der Waals surface area contributed by atoms with Crippen molar-refractivity contribution in [1.82, 2.24) is 19.5 Å². The van der Waals surface area contributed by atoms with Gasteiger partial charge in [0.2, 0.25) is 5.95 Å². The number of hydrogen-bond acceptors (Lipinski definition) is 5. The standard InChI is InChI=1S/C15H16F2N6/c1-7(2)23-8(3)20-14-10(16)4-9(5-12(14)23)13-11(17)6-19-15(21-13)22-18/h4-7H,18H2,1-3H3,(H,19,21,22). The molecule has 3 N–H and O–H groups in total. The molecule has 120 valence electrons. The number of nitrogen functional groups attached to an aromatic ring is 1. The average Bonchev–Trinajstić information content (AvgIpc) is 2.84. The Bertz CT molecular complexity index is 887. The summed E-state index contributed by atoms with van der Waals surface area (Å²) in [6.07, 6.45) is 0.991. The van der Waals surface area contributed by atoms with Crippen LogP contribution in [0.4, 0.5) is 14.7 Å². The fourth-order valence-corrected chi connectivity index (χ4v) is 2.70. The molecule has 0 unspecified atom stereocenters. The van der Waals surface area contributed by atoms with Gasteiger partial charge in [0, 0.05) is 11.6 Å². The first-order valence-electron chi connectivity index (χ1n) is 7.10. The number of aromatic nitrogens is 4. The van der Waals surface area contributed by atoms with Gasteiger partial charge in [-0.3, -0.25) is 5.43 Å². The molecule has 0 aliphatic carbocycles. The number of rotatable bonds is 3. The van der Waals surface area contributed by atoms with E-state index in [0.717, 1.165) is 6.20 Å². The van der Waals surface area contributed by atoms with Crippen molar-refractivity contribution in [3.8, 4) is 11.3 Å². The molecule has 0 amide bonds. The van der Waals surface area contributed by atoms with Crippen LogP contribution in [0.2, 0.25) is 0 Å². The number of anilines is 1. The summed E-state index contributed by atoms with van der Waals surface area (Å²) in [6.45, 7) is 5.75. The highest BCUT2D eigenvalue weighted by Crippen LogP contribution is 2.30. The Labute approximate surface area is 131 Å². The predicted octanol–water partition coefficient (Wildman–Crippen LogP) is 2.95. The topological polar surface area (TPSA) is 81.7 Å². The van der Waals surface area contributed by atoms with Crippen LogP contribution in [-0.4, -0.2) is 19.5 Å². The zero-order valence-corrected chi connectivity index (χ0v) is 12.9. The normalized spacial score (nSPS) is 11.4. The van der Waals surface area contributed by atoms with Crippen LogP contribution < -0.4 is 11.3 Å². The number of benzene rings is 1. The maximum Gasteiger partial charge on any atom is 0.237 e. The minimum Gasteiger partial charge on any atom is -0.326 e. The van der Waals surface area contributed by atoms with Crippen LogP contribution in [0.25, 0.3) is 22.3 Å². The summed E-state index contributed by atoms with van der Waals surface area (Å²) in [4.78, 5) is 11.9. The minimum absolute atomic E-state index is 0.0251. The van der Waals surface area contributed by atoms with E-state index in [1.807, 2.05) is 18.4 Å². The molecule has 2 aromatic heterocycles. The summed E-state index contributed by atoms with van der Waals surface area (Å²) in [7, 11) is 0. The molecule has 0 radical (unpaired) electrons. The number of hydrogen-bond donors (Lipinski definition) is 2. The first-order chi connectivity index (χ1) is 10.9. The molecule has 0 aliphatic heterocycles. The van der Waals surface area contributed by atoms with E-state index in [1.54, 1.807) is 13.0 Å². The number of nitrogens with zero attached hydrogens (tertiary/aromatic N) is 4. The molecule has 8 heteroatoms. The molecular formula is C15H16F2N6. The average molecular weight is 318 g/mol. The highest BCUT2D eigenvalue weighted by molar-refractivity contribution is 5.83. The van der Waals surface area contributed by atoms with Crippen molar-refractivity contribution in [3.05, 3.63) is 35.8 Å². The van der Waals surface area contributed by atoms with E-state index < -0.39 is 11.6 Å². The van der Waals surface area contributed by atoms with Gasteiger partial charge in [0.05, 0.1) is 11.7 Å². The van der Waals surface area contributed by atoms with Crippen molar-refractivity contribution >= 4 is 17.0 Å². The molecule has 0 atom stereocenters. The van der Waals surface area contributed by atoms with Gasteiger partial charge in [-0.05, 0) is 32.9 Å². The van der Waals surface area contributed by atoms with Gasteiger partial charge in [-0.15, -0.1) is 0 Å². The Kier molecular flexibility index (Phi) is 3.69. The van der Waals surface area contributed by atoms with Crippen LogP contribution in [0.15, 0.2) is 18.3 Å². The molecule has 0 bridgehead atoms. The second-order valence-electron chi connectivity index (χ2n) is 5.48. The molecule has 3 aromatic rings. The van der Waals surface area contributed by atoms with E-state index in [1.165, 1.54) is 6.07 Å². The monoisotopic (exact) mass is 318 g/mol. The lowest BCUT2D eigenvalue weighted by atomic mass is 10.1. The first kappa shape index (κ1) is 15.3. The Hall–Kier alpha value is -2.61. The van der Waals surface area contributed by atoms with Gasteiger partial charge in [-0.2, -0.15) is 0 Å². The number of aryl methyl sites for hydroxylation is 1. The van der Waals surface area contributed by atoms with Crippen LogP contribution in [0, 0.1) is 18.6 Å². The highest BCUT2D eigenvalue weighted by atomic mass is 19.1. The molecule has 0 saturated carbocycles. The Morgan fingerprint density at radius 2 is 1.91 bits per heavy atom. The van der Waals surface area contributed by atoms with E-state index in [0.29, 0.717) is 16.9 Å². The lowest BCUT2D eigenvalue weighted by Gasteiger charge is -2.12. The van der Waals surface area contributed by atoms with Crippen LogP contribution in [0.3, 0.4) is 0 Å². The van der Waals surface area contributed by atoms with Crippen molar-refractivity contribution in [2.24, 2.45) is 5.84 Å². The largest absolute Gasteiger partial charge is 0.326 e. The summed E-state index contributed by atoms with van der Waals surface area (Å²) in [6, 6.07) is 2.97. The fourth-order valence-electron chi connectivity index (χ4n) is 2.70. The summed E-state index contributed by atoms with van der Waals surface area (Å²) in [5.41, 5.74) is 3.37. The maximum atomic E-state index is 14.4. The molecule has 23 heavy (non-hydrogen) atoms. The van der Waals surface area contributed by atoms with Crippen molar-refractivity contribution in [2.45, 2.75) is 26.8 Å². The first-order valence-corrected chi connectivity index (χ1v) is 7.10. The van der Waals surface area contributed by atoms with Gasteiger partial charge in [-0.1, -0.05) is 0 Å². The maximum absolute atomic E-state index is 14.4. The molecule has 0 aliphatic rings. The quantitative estimate of drug-likeness (QED) is 0.573. The number of nitrogens with one attached hydrogen (secondary N) is 1. The molecule has 0 fully saturated rings. The molecule has 0 spiro atoms. The Morgan fingerprint density at radius 1 is 1.17 bits per heavy atom. The van der Waals surface area contributed by atoms with Crippen LogP contribution >= 0.6 is 0 Å². The molecule has 2 heterocycles. The minimum atomic E-state index is -0.657. The molecule has 6 nitrogen and oxygen atoms in total. The zero-order valence-electron chi connectivity index (χ0n) is 12.9. The summed E-state index contributed by atoms with van der Waals surface area (Å²) >= 11 is 0. The summed E-state index contributed by atoms with van der Waals surface area (Å²) in [5.74, 6) is 4.81. The number of hydrazine groups is 1. The summed E-state index contributed by atoms with van der Waals surface area (Å²) < 4.78 is 30.4. The smallest absolute Gasteiger partial charge is 0.237 e. The van der Waals surface area contributed by atoms with E-state index >= 15 is 0 Å². The number of nitrogens with two attached hydrogens (primary N) is 1. The highest BCUT2D eigenvalue weighted by Gasteiger charge is 2.18. The second-order valence-corrected chi connectivity index (χ2v) is 5.48. The van der Waals surface area contributed by atoms with Crippen molar-refractivity contribution in [2.75, 3.05) is 5.43 Å². The molecule has 1 aromatic carbocycles. The number of fused-ring (bicyclic) bond motifs is 1. The van der Waals surface area contributed by atoms with Crippen LogP contribution in [0.1, 0.15) is 25.7 Å². The van der Waals surface area contributed by atoms with Crippen molar-refractivity contribution in [3.63, 3.8) is 0 Å². The molecule has 0 saturated heterocycles. The van der Waals surface area contributed by atoms with Gasteiger partial charge in [0.15, 0.2) is 11.6 Å². The van der Waals surface area contributed by atoms with Crippen molar-refractivity contribution < 1.29 is 8.78 Å². The third-order valence-corrected chi connectivity index (χ3v) is 3.59. The lowest BCUT2D eigenvalue weighted by Crippen LogP contribution is -2.11. The summed E-state index contributed by atoms with van der Waals surface area (Å²) in [5, 5.41) is 0. The van der Waals surface area contributed by atoms with Gasteiger partial charge in [-0.25, -0.2) is 29.6 Å². The van der Waals surface area contributed by atoms with E-state index in [4.69, 9.17) is 5.84 Å². The van der Waals surface area contributed by atoms with E-state index in [2.05, 4.69) is 20.4 Å². The Morgan fingerprint density at radius 3 is 2.57 bits per heavy atom. The lowest BCUT2D eigenvalue weighted by molar-refractivity contribution is 0.600. The van der Waals surface area contributed by atoms with Gasteiger partial charge in [0.25, 0.3) is 0 Å². The zero-order chi connectivity index (χ0) is 16.7. The number of halogens is 2. The predicted molar refractivity (Wildman–Crippen MR) is 83.6 cm³/mol. The van der Waals surface area contributed by atoms with E-state index in [9.17, 15) is 8.78 Å². The van der Waals surface area contributed by atoms with Crippen LogP contribution in [-0.2, 0) is 0 Å². The fraction of sp³-hybridized carbons (Fsp3) is 0.267. The van der Waals surface area contributed by atoms with Crippen LogP contribution in [0.5, 0.6) is 0 Å². The molecule has 3 rings (SSSR count).